The van der Waals surface area contributed by atoms with Crippen LogP contribution < -0.4 is 10.2 Å². The first-order valence-electron chi connectivity index (χ1n) is 7.35. The van der Waals surface area contributed by atoms with Crippen LogP contribution in [-0.4, -0.2) is 52.8 Å². The van der Waals surface area contributed by atoms with E-state index >= 15 is 0 Å². The molecule has 8 heteroatoms. The van der Waals surface area contributed by atoms with Crippen molar-refractivity contribution in [3.63, 3.8) is 0 Å². The van der Waals surface area contributed by atoms with Crippen LogP contribution in [0.3, 0.4) is 0 Å². The molecule has 1 aliphatic rings. The summed E-state index contributed by atoms with van der Waals surface area (Å²) in [5.41, 5.74) is 2.01. The number of morpholine rings is 1. The fraction of sp³-hybridized carbons (Fsp3) is 0.500. The molecule has 2 N–H and O–H groups in total. The highest BCUT2D eigenvalue weighted by Gasteiger charge is 2.14. The third-order valence-electron chi connectivity index (χ3n) is 3.51. The molecule has 2 aromatic rings. The smallest absolute Gasteiger partial charge is 0.224 e. The summed E-state index contributed by atoms with van der Waals surface area (Å²) < 4.78 is 5.36. The topological polar surface area (TPSA) is 79.0 Å². The predicted octanol–water partition coefficient (Wildman–Crippen LogP) is 1.02. The van der Waals surface area contributed by atoms with Crippen molar-refractivity contribution in [3.8, 4) is 0 Å². The highest BCUT2D eigenvalue weighted by molar-refractivity contribution is 6.28. The van der Waals surface area contributed by atoms with Gasteiger partial charge in [-0.05, 0) is 11.6 Å². The Balaban J connectivity index is 1.55. The maximum atomic E-state index is 6.04. The van der Waals surface area contributed by atoms with Crippen molar-refractivity contribution in [2.24, 2.45) is 0 Å². The highest BCUT2D eigenvalue weighted by Crippen LogP contribution is 2.16. The number of rotatable bonds is 6. The molecule has 0 unspecified atom stereocenters. The second kappa shape index (κ2) is 7.53. The van der Waals surface area contributed by atoms with E-state index in [0.29, 0.717) is 6.54 Å². The van der Waals surface area contributed by atoms with Gasteiger partial charge >= 0.3 is 0 Å². The van der Waals surface area contributed by atoms with Gasteiger partial charge in [0.2, 0.25) is 5.28 Å². The monoisotopic (exact) mass is 322 g/mol. The first-order chi connectivity index (χ1) is 10.8. The second-order valence-electron chi connectivity index (χ2n) is 5.09. The van der Waals surface area contributed by atoms with Gasteiger partial charge in [-0.3, -0.25) is 0 Å². The number of imidazole rings is 1. The van der Waals surface area contributed by atoms with Crippen LogP contribution in [0.4, 0.5) is 5.82 Å². The summed E-state index contributed by atoms with van der Waals surface area (Å²) in [6, 6.07) is 1.99. The molecule has 3 heterocycles. The Kier molecular flexibility index (Phi) is 5.20. The Morgan fingerprint density at radius 2 is 2.18 bits per heavy atom. The van der Waals surface area contributed by atoms with E-state index in [4.69, 9.17) is 16.3 Å². The molecule has 0 aromatic carbocycles. The van der Waals surface area contributed by atoms with Gasteiger partial charge in [0.05, 0.1) is 25.2 Å². The van der Waals surface area contributed by atoms with Crippen LogP contribution in [0.25, 0.3) is 0 Å². The van der Waals surface area contributed by atoms with Crippen LogP contribution in [0.2, 0.25) is 5.28 Å². The molecule has 0 spiro atoms. The average Bonchev–Trinajstić information content (AvgIpc) is 3.05. The third kappa shape index (κ3) is 4.16. The highest BCUT2D eigenvalue weighted by atomic mass is 35.5. The molecule has 0 saturated carbocycles. The number of hydrogen-bond acceptors (Lipinski definition) is 6. The fourth-order valence-electron chi connectivity index (χ4n) is 2.36. The maximum absolute atomic E-state index is 6.04. The number of anilines is 1. The van der Waals surface area contributed by atoms with Crippen molar-refractivity contribution in [2.45, 2.75) is 13.0 Å². The van der Waals surface area contributed by atoms with E-state index in [2.05, 4.69) is 30.2 Å². The van der Waals surface area contributed by atoms with Crippen LogP contribution in [0.5, 0.6) is 0 Å². The molecule has 0 bridgehead atoms. The number of ether oxygens (including phenoxy) is 1. The second-order valence-corrected chi connectivity index (χ2v) is 5.43. The molecule has 1 aliphatic heterocycles. The Hall–Kier alpha value is -1.70. The number of nitrogens with zero attached hydrogens (tertiary/aromatic N) is 4. The minimum absolute atomic E-state index is 0.286. The van der Waals surface area contributed by atoms with Gasteiger partial charge in [0, 0.05) is 50.6 Å². The van der Waals surface area contributed by atoms with Crippen molar-refractivity contribution >= 4 is 17.4 Å². The summed E-state index contributed by atoms with van der Waals surface area (Å²) in [4.78, 5) is 17.8. The summed E-state index contributed by atoms with van der Waals surface area (Å²) in [6.45, 7) is 4.61. The van der Waals surface area contributed by atoms with Crippen molar-refractivity contribution < 1.29 is 4.74 Å². The van der Waals surface area contributed by atoms with E-state index in [1.54, 1.807) is 6.33 Å². The van der Waals surface area contributed by atoms with Gasteiger partial charge < -0.3 is 19.9 Å². The summed E-state index contributed by atoms with van der Waals surface area (Å²) in [7, 11) is 0. The first kappa shape index (κ1) is 15.2. The summed E-state index contributed by atoms with van der Waals surface area (Å²) in [5.74, 6) is 0.869. The first-order valence-corrected chi connectivity index (χ1v) is 7.73. The molecule has 1 fully saturated rings. The maximum Gasteiger partial charge on any atom is 0.224 e. The molecular formula is C14H19ClN6O. The number of hydrogen-bond donors (Lipinski definition) is 2. The van der Waals surface area contributed by atoms with Gasteiger partial charge in [0.1, 0.15) is 5.82 Å². The van der Waals surface area contributed by atoms with E-state index in [0.717, 1.165) is 56.5 Å². The lowest BCUT2D eigenvalue weighted by atomic mass is 10.3. The fourth-order valence-corrected chi connectivity index (χ4v) is 2.55. The molecule has 2 aromatic heterocycles. The number of halogens is 1. The molecule has 3 rings (SSSR count). The zero-order valence-electron chi connectivity index (χ0n) is 12.3. The molecule has 22 heavy (non-hydrogen) atoms. The van der Waals surface area contributed by atoms with Crippen LogP contribution in [0, 0.1) is 0 Å². The SMILES string of the molecule is Clc1nc(CNCCc2cnc[nH]2)cc(N2CCOCC2)n1. The lowest BCUT2D eigenvalue weighted by Crippen LogP contribution is -2.37. The lowest BCUT2D eigenvalue weighted by Gasteiger charge is -2.28. The predicted molar refractivity (Wildman–Crippen MR) is 84.1 cm³/mol. The Morgan fingerprint density at radius 3 is 2.95 bits per heavy atom. The zero-order valence-corrected chi connectivity index (χ0v) is 13.0. The van der Waals surface area contributed by atoms with Gasteiger partial charge in [0.25, 0.3) is 0 Å². The molecule has 0 aliphatic carbocycles. The average molecular weight is 323 g/mol. The molecular weight excluding hydrogens is 304 g/mol. The van der Waals surface area contributed by atoms with E-state index in [-0.39, 0.29) is 5.28 Å². The quantitative estimate of drug-likeness (QED) is 0.611. The third-order valence-corrected chi connectivity index (χ3v) is 3.67. The Morgan fingerprint density at radius 1 is 1.32 bits per heavy atom. The van der Waals surface area contributed by atoms with E-state index in [1.807, 2.05) is 12.3 Å². The van der Waals surface area contributed by atoms with E-state index in [1.165, 1.54) is 0 Å². The summed E-state index contributed by atoms with van der Waals surface area (Å²) in [5, 5.41) is 3.64. The largest absolute Gasteiger partial charge is 0.378 e. The van der Waals surface area contributed by atoms with Crippen molar-refractivity contribution in [2.75, 3.05) is 37.7 Å². The van der Waals surface area contributed by atoms with Crippen LogP contribution in [-0.2, 0) is 17.7 Å². The molecule has 0 radical (unpaired) electrons. The number of aromatic nitrogens is 4. The van der Waals surface area contributed by atoms with Gasteiger partial charge in [0.15, 0.2) is 0 Å². The molecule has 0 atom stereocenters. The lowest BCUT2D eigenvalue weighted by molar-refractivity contribution is 0.122. The minimum Gasteiger partial charge on any atom is -0.378 e. The molecule has 0 amide bonds. The molecule has 118 valence electrons. The van der Waals surface area contributed by atoms with Gasteiger partial charge in [-0.15, -0.1) is 0 Å². The number of H-pyrrole nitrogens is 1. The standard InChI is InChI=1S/C14H19ClN6O/c15-14-19-12(9-16-2-1-11-8-17-10-18-11)7-13(20-14)21-3-5-22-6-4-21/h7-8,10,16H,1-6,9H2,(H,17,18). The van der Waals surface area contributed by atoms with Crippen LogP contribution in [0.15, 0.2) is 18.6 Å². The van der Waals surface area contributed by atoms with E-state index < -0.39 is 0 Å². The minimum atomic E-state index is 0.286. The van der Waals surface area contributed by atoms with E-state index in [9.17, 15) is 0 Å². The Labute approximate surface area is 134 Å². The number of aromatic amines is 1. The van der Waals surface area contributed by atoms with Crippen LogP contribution >= 0.6 is 11.6 Å². The number of nitrogens with one attached hydrogen (secondary N) is 2. The summed E-state index contributed by atoms with van der Waals surface area (Å²) >= 11 is 6.04. The zero-order chi connectivity index (χ0) is 15.2. The Bertz CT molecular complexity index is 585. The van der Waals surface area contributed by atoms with Crippen molar-refractivity contribution in [3.05, 3.63) is 35.3 Å². The molecule has 7 nitrogen and oxygen atoms in total. The van der Waals surface area contributed by atoms with Gasteiger partial charge in [-0.2, -0.15) is 0 Å². The molecule has 1 saturated heterocycles. The van der Waals surface area contributed by atoms with Crippen molar-refractivity contribution in [1.82, 2.24) is 25.3 Å². The normalized spacial score (nSPS) is 15.2. The van der Waals surface area contributed by atoms with Gasteiger partial charge in [-0.25, -0.2) is 15.0 Å². The van der Waals surface area contributed by atoms with Gasteiger partial charge in [-0.1, -0.05) is 0 Å². The summed E-state index contributed by atoms with van der Waals surface area (Å²) in [6.07, 6.45) is 4.42. The van der Waals surface area contributed by atoms with Crippen molar-refractivity contribution in [1.29, 1.82) is 0 Å². The van der Waals surface area contributed by atoms with Crippen LogP contribution in [0.1, 0.15) is 11.4 Å².